The number of benzene rings is 2. The average Bonchev–Trinajstić information content (AvgIpc) is 2.67. The molecule has 2 aromatic carbocycles. The van der Waals surface area contributed by atoms with Gasteiger partial charge in [0, 0.05) is 0 Å². The monoisotopic (exact) mass is 1150 g/mol. The van der Waals surface area contributed by atoms with Crippen LogP contribution in [0, 0.1) is 0 Å². The molecule has 4 unspecified atom stereocenters. The van der Waals surface area contributed by atoms with Crippen LogP contribution in [0.25, 0.3) is 0 Å². The maximum absolute atomic E-state index is 11.1. The summed E-state index contributed by atoms with van der Waals surface area (Å²) in [6.45, 7) is 0. The Labute approximate surface area is 260 Å². The van der Waals surface area contributed by atoms with Crippen molar-refractivity contribution in [2.75, 3.05) is 0 Å². The van der Waals surface area contributed by atoms with Crippen molar-refractivity contribution in [3.63, 3.8) is 0 Å². The predicted molar refractivity (Wildman–Crippen MR) is 114 cm³/mol. The van der Waals surface area contributed by atoms with E-state index in [1.165, 1.54) is 48.5 Å². The molecule has 14 nitrogen and oxygen atoms in total. The molecule has 2 rings (SSSR count). The quantitative estimate of drug-likeness (QED) is 0.192. The zero-order valence-corrected chi connectivity index (χ0v) is 32.3. The first kappa shape index (κ1) is 40.9. The van der Waals surface area contributed by atoms with Crippen LogP contribution in [0.4, 0.5) is 0 Å². The molecule has 21 heteroatoms. The number of aliphatic hydroxyl groups excluding tert-OH is 2. The third kappa shape index (κ3) is 15.0. The van der Waals surface area contributed by atoms with Gasteiger partial charge in [0.1, 0.15) is 11.5 Å². The number of rotatable bonds is 8. The van der Waals surface area contributed by atoms with Gasteiger partial charge in [0.05, 0.1) is 0 Å². The Morgan fingerprint density at radius 1 is 0.543 bits per heavy atom. The van der Waals surface area contributed by atoms with Crippen LogP contribution in [0.2, 0.25) is 0 Å². The minimum atomic E-state index is -5.66. The summed E-state index contributed by atoms with van der Waals surface area (Å²) in [4.78, 5) is 63.6. The van der Waals surface area contributed by atoms with Gasteiger partial charge in [-0.2, -0.15) is 0 Å². The summed E-state index contributed by atoms with van der Waals surface area (Å²) in [7, 11) is -21.7. The van der Waals surface area contributed by atoms with Gasteiger partial charge < -0.3 is 57.8 Å². The average molecular weight is 1150 g/mol. The Morgan fingerprint density at radius 2 is 0.771 bits per heavy atom. The minimum absolute atomic E-state index is 0. The molecule has 0 amide bonds. The standard InChI is InChI=1S/2C7H10O7P2.3Pb/c2*8-7(15(9,10)11)16(12,13)14-6-4-2-1-3-5-6;;;/h2*1-5,7-8H,(H,12,13)(H2,9,10,11);;;/q;;3*+2/p-6. The molecule has 2 aromatic rings. The van der Waals surface area contributed by atoms with Gasteiger partial charge >= 0.3 is 81.9 Å². The fraction of sp³-hybridized carbons (Fsp3) is 0.143. The summed E-state index contributed by atoms with van der Waals surface area (Å²) in [5.74, 6) is -0.373. The summed E-state index contributed by atoms with van der Waals surface area (Å²) in [5.41, 5.74) is -6.17. The van der Waals surface area contributed by atoms with Gasteiger partial charge in [-0.25, -0.2) is 0 Å². The van der Waals surface area contributed by atoms with E-state index in [0.717, 1.165) is 0 Å². The molecule has 0 aliphatic heterocycles. The predicted octanol–water partition coefficient (Wildman–Crippen LogP) is -3.53. The number of aliphatic hydroxyl groups is 2. The number of hydrogen-bond donors (Lipinski definition) is 2. The summed E-state index contributed by atoms with van der Waals surface area (Å²) < 4.78 is 51.5. The fourth-order valence-electron chi connectivity index (χ4n) is 1.70. The van der Waals surface area contributed by atoms with E-state index in [1.807, 2.05) is 0 Å². The Hall–Kier alpha value is 1.41. The SMILES string of the molecule is O=P([O-])([O-])C(O)P(=O)([O-])Oc1ccccc1.O=P([O-])([O-])C(O)P(=O)([O-])Oc1ccccc1.[Pb+2].[Pb+2].[Pb+2]. The summed E-state index contributed by atoms with van der Waals surface area (Å²) in [6, 6.07) is 13.8. The molecule has 186 valence electrons. The van der Waals surface area contributed by atoms with Crippen LogP contribution in [0.3, 0.4) is 0 Å². The molecule has 0 saturated carbocycles. The molecule has 0 aliphatic rings. The Balaban J connectivity index is -0.000000539. The van der Waals surface area contributed by atoms with E-state index in [2.05, 4.69) is 9.05 Å². The van der Waals surface area contributed by atoms with Crippen LogP contribution in [-0.2, 0) is 18.3 Å². The number of hydrogen-bond acceptors (Lipinski definition) is 14. The summed E-state index contributed by atoms with van der Waals surface area (Å²) >= 11 is 0. The van der Waals surface area contributed by atoms with Gasteiger partial charge in [-0.15, -0.1) is 0 Å². The molecule has 0 aromatic heterocycles. The Morgan fingerprint density at radius 3 is 0.971 bits per heavy atom. The Bertz CT molecular complexity index is 979. The van der Waals surface area contributed by atoms with Crippen molar-refractivity contribution < 1.29 is 66.9 Å². The molecule has 35 heavy (non-hydrogen) atoms. The van der Waals surface area contributed by atoms with Gasteiger partial charge in [-0.05, 0) is 39.5 Å². The van der Waals surface area contributed by atoms with Crippen LogP contribution >= 0.6 is 30.4 Å². The molecular formula is C14H14O14P4Pb3. The van der Waals surface area contributed by atoms with Gasteiger partial charge in [-0.3, -0.25) is 9.13 Å². The molecule has 0 bridgehead atoms. The summed E-state index contributed by atoms with van der Waals surface area (Å²) in [6.07, 6.45) is 0. The van der Waals surface area contributed by atoms with Crippen LogP contribution < -0.4 is 38.4 Å². The topological polar surface area (TPSA) is 266 Å². The molecule has 0 heterocycles. The van der Waals surface area contributed by atoms with Gasteiger partial charge in [0.2, 0.25) is 15.2 Å². The van der Waals surface area contributed by atoms with Crippen LogP contribution in [-0.4, -0.2) is 103 Å². The van der Waals surface area contributed by atoms with Crippen molar-refractivity contribution in [2.24, 2.45) is 0 Å². The van der Waals surface area contributed by atoms with Gasteiger partial charge in [-0.1, -0.05) is 36.4 Å². The first-order valence-electron chi connectivity index (χ1n) is 7.97. The van der Waals surface area contributed by atoms with Crippen molar-refractivity contribution in [1.82, 2.24) is 0 Å². The van der Waals surface area contributed by atoms with E-state index in [9.17, 15) is 47.6 Å². The second-order valence-electron chi connectivity index (χ2n) is 5.66. The van der Waals surface area contributed by atoms with E-state index in [1.54, 1.807) is 12.1 Å². The normalized spacial score (nSPS) is 16.0. The van der Waals surface area contributed by atoms with Gasteiger partial charge in [0.15, 0.2) is 11.2 Å². The molecule has 0 spiro atoms. The van der Waals surface area contributed by atoms with Crippen molar-refractivity contribution in [3.8, 4) is 11.5 Å². The second kappa shape index (κ2) is 17.2. The van der Waals surface area contributed by atoms with Crippen molar-refractivity contribution in [1.29, 1.82) is 0 Å². The molecule has 6 radical (unpaired) electrons. The molecule has 0 aliphatic carbocycles. The molecule has 0 saturated heterocycles. The first-order chi connectivity index (χ1) is 14.5. The zero-order valence-electron chi connectivity index (χ0n) is 17.0. The van der Waals surface area contributed by atoms with E-state index in [-0.39, 0.29) is 93.4 Å². The number of para-hydroxylation sites is 2. The van der Waals surface area contributed by atoms with Crippen LogP contribution in [0.15, 0.2) is 60.7 Å². The zero-order chi connectivity index (χ0) is 24.8. The first-order valence-corrected chi connectivity index (χ1v) is 14.4. The maximum atomic E-state index is 11.1. The third-order valence-corrected chi connectivity index (χ3v) is 9.67. The molecule has 2 N–H and O–H groups in total. The fourth-order valence-corrected chi connectivity index (χ4v) is 5.77. The third-order valence-electron chi connectivity index (χ3n) is 3.08. The van der Waals surface area contributed by atoms with Crippen molar-refractivity contribution in [3.05, 3.63) is 60.7 Å². The smallest absolute Gasteiger partial charge is 0.809 e. The van der Waals surface area contributed by atoms with Crippen molar-refractivity contribution in [2.45, 2.75) is 11.2 Å². The van der Waals surface area contributed by atoms with E-state index < -0.39 is 41.6 Å². The van der Waals surface area contributed by atoms with Crippen molar-refractivity contribution >= 4 is 112 Å². The van der Waals surface area contributed by atoms with E-state index >= 15 is 0 Å². The van der Waals surface area contributed by atoms with Crippen LogP contribution in [0.1, 0.15) is 0 Å². The minimum Gasteiger partial charge on any atom is -0.809 e. The molecular weight excluding hydrogens is 1140 g/mol. The maximum Gasteiger partial charge on any atom is 2.00 e. The molecule has 0 fully saturated rings. The molecule has 4 atom stereocenters. The van der Waals surface area contributed by atoms with Crippen LogP contribution in [0.5, 0.6) is 11.5 Å². The largest absolute Gasteiger partial charge is 2.00 e. The Kier molecular flexibility index (Phi) is 20.1. The second-order valence-corrected chi connectivity index (χ2v) is 13.1. The summed E-state index contributed by atoms with van der Waals surface area (Å²) in [5, 5.41) is 17.6. The van der Waals surface area contributed by atoms with Gasteiger partial charge in [0.25, 0.3) is 0 Å². The van der Waals surface area contributed by atoms with E-state index in [4.69, 9.17) is 10.2 Å². The van der Waals surface area contributed by atoms with E-state index in [0.29, 0.717) is 0 Å².